The smallest absolute Gasteiger partial charge is 0.251 e. The van der Waals surface area contributed by atoms with E-state index in [2.05, 4.69) is 17.6 Å². The highest BCUT2D eigenvalue weighted by Crippen LogP contribution is 2.24. The zero-order chi connectivity index (χ0) is 19.8. The average molecular weight is 397 g/mol. The Morgan fingerprint density at radius 1 is 1.00 bits per heavy atom. The Morgan fingerprint density at radius 3 is 2.43 bits per heavy atom. The van der Waals surface area contributed by atoms with Crippen molar-refractivity contribution in [1.29, 1.82) is 0 Å². The van der Waals surface area contributed by atoms with Crippen LogP contribution in [-0.2, 0) is 10.5 Å². The molecule has 3 rings (SSSR count). The average Bonchev–Trinajstić information content (AvgIpc) is 2.71. The van der Waals surface area contributed by atoms with Crippen LogP contribution in [0, 0.1) is 5.92 Å². The lowest BCUT2D eigenvalue weighted by molar-refractivity contribution is -0.113. The summed E-state index contributed by atoms with van der Waals surface area (Å²) in [5.74, 6) is 1.70. The number of hydrogen-bond acceptors (Lipinski definition) is 3. The SMILES string of the molecule is CC1CCCCC1NC(=O)c1ccc(CSCC(=O)Nc2ccccc2)cc1. The van der Waals surface area contributed by atoms with Crippen molar-refractivity contribution in [3.8, 4) is 0 Å². The van der Waals surface area contributed by atoms with Crippen LogP contribution < -0.4 is 10.6 Å². The summed E-state index contributed by atoms with van der Waals surface area (Å²) in [6, 6.07) is 17.5. The van der Waals surface area contributed by atoms with Crippen LogP contribution in [0.1, 0.15) is 48.5 Å². The van der Waals surface area contributed by atoms with Gasteiger partial charge in [-0.15, -0.1) is 11.8 Å². The summed E-state index contributed by atoms with van der Waals surface area (Å²) in [5.41, 5.74) is 2.63. The molecule has 1 aliphatic rings. The van der Waals surface area contributed by atoms with E-state index in [1.165, 1.54) is 19.3 Å². The van der Waals surface area contributed by atoms with Gasteiger partial charge in [-0.2, -0.15) is 0 Å². The summed E-state index contributed by atoms with van der Waals surface area (Å²) < 4.78 is 0. The fourth-order valence-corrected chi connectivity index (χ4v) is 4.30. The van der Waals surface area contributed by atoms with Crippen molar-refractivity contribution in [3.05, 3.63) is 65.7 Å². The molecule has 1 fully saturated rings. The molecule has 2 aromatic carbocycles. The number of carbonyl (C=O) groups excluding carboxylic acids is 2. The maximum Gasteiger partial charge on any atom is 0.251 e. The first kappa shape index (κ1) is 20.5. The Labute approximate surface area is 171 Å². The van der Waals surface area contributed by atoms with Crippen LogP contribution in [0.15, 0.2) is 54.6 Å². The van der Waals surface area contributed by atoms with Crippen molar-refractivity contribution in [2.45, 2.75) is 44.4 Å². The summed E-state index contributed by atoms with van der Waals surface area (Å²) in [6.45, 7) is 2.22. The number of anilines is 1. The fraction of sp³-hybridized carbons (Fsp3) is 0.391. The van der Waals surface area contributed by atoms with E-state index in [-0.39, 0.29) is 11.8 Å². The van der Waals surface area contributed by atoms with Crippen LogP contribution in [-0.4, -0.2) is 23.6 Å². The third kappa shape index (κ3) is 6.13. The van der Waals surface area contributed by atoms with Crippen molar-refractivity contribution in [2.24, 2.45) is 5.92 Å². The predicted molar refractivity (Wildman–Crippen MR) is 117 cm³/mol. The molecule has 2 aromatic rings. The molecule has 2 N–H and O–H groups in total. The topological polar surface area (TPSA) is 58.2 Å². The Kier molecular flexibility index (Phi) is 7.54. The first-order valence-electron chi connectivity index (χ1n) is 9.94. The van der Waals surface area contributed by atoms with E-state index >= 15 is 0 Å². The molecule has 4 nitrogen and oxygen atoms in total. The first-order chi connectivity index (χ1) is 13.6. The Hall–Kier alpha value is -2.27. The molecule has 0 aromatic heterocycles. The number of carbonyl (C=O) groups is 2. The van der Waals surface area contributed by atoms with E-state index in [4.69, 9.17) is 0 Å². The van der Waals surface area contributed by atoms with Crippen LogP contribution >= 0.6 is 11.8 Å². The number of benzene rings is 2. The van der Waals surface area contributed by atoms with Crippen molar-refractivity contribution < 1.29 is 9.59 Å². The van der Waals surface area contributed by atoms with E-state index in [1.807, 2.05) is 54.6 Å². The highest BCUT2D eigenvalue weighted by Gasteiger charge is 2.23. The van der Waals surface area contributed by atoms with Gasteiger partial charge >= 0.3 is 0 Å². The van der Waals surface area contributed by atoms with E-state index in [0.29, 0.717) is 23.3 Å². The highest BCUT2D eigenvalue weighted by molar-refractivity contribution is 7.99. The van der Waals surface area contributed by atoms with Crippen LogP contribution in [0.3, 0.4) is 0 Å². The standard InChI is InChI=1S/C23H28N2O2S/c1-17-7-5-6-10-21(17)25-23(27)19-13-11-18(12-14-19)15-28-16-22(26)24-20-8-3-2-4-9-20/h2-4,8-9,11-14,17,21H,5-7,10,15-16H2,1H3,(H,24,26)(H,25,27). The zero-order valence-corrected chi connectivity index (χ0v) is 17.1. The van der Waals surface area contributed by atoms with Gasteiger partial charge in [0.2, 0.25) is 5.91 Å². The number of nitrogens with one attached hydrogen (secondary N) is 2. The molecule has 5 heteroatoms. The molecule has 1 aliphatic carbocycles. The summed E-state index contributed by atoms with van der Waals surface area (Å²) in [4.78, 5) is 24.5. The molecular weight excluding hydrogens is 368 g/mol. The Bertz CT molecular complexity index is 777. The van der Waals surface area contributed by atoms with Gasteiger partial charge in [0.05, 0.1) is 5.75 Å². The van der Waals surface area contributed by atoms with Crippen LogP contribution in [0.5, 0.6) is 0 Å². The molecule has 148 valence electrons. The maximum atomic E-state index is 12.5. The van der Waals surface area contributed by atoms with Gasteiger partial charge in [0.1, 0.15) is 0 Å². The number of thioether (sulfide) groups is 1. The second kappa shape index (κ2) is 10.3. The van der Waals surface area contributed by atoms with Crippen molar-refractivity contribution >= 4 is 29.3 Å². The van der Waals surface area contributed by atoms with Gasteiger partial charge in [0.15, 0.2) is 0 Å². The molecule has 0 radical (unpaired) electrons. The lowest BCUT2D eigenvalue weighted by Gasteiger charge is -2.29. The molecule has 0 aliphatic heterocycles. The Balaban J connectivity index is 1.42. The maximum absolute atomic E-state index is 12.5. The fourth-order valence-electron chi connectivity index (χ4n) is 3.51. The molecule has 2 atom stereocenters. The largest absolute Gasteiger partial charge is 0.349 e. The molecule has 1 saturated carbocycles. The summed E-state index contributed by atoms with van der Waals surface area (Å²) in [6.07, 6.45) is 4.73. The molecule has 0 bridgehead atoms. The van der Waals surface area contributed by atoms with E-state index < -0.39 is 0 Å². The lowest BCUT2D eigenvalue weighted by Crippen LogP contribution is -2.41. The number of hydrogen-bond donors (Lipinski definition) is 2. The van der Waals surface area contributed by atoms with Gasteiger partial charge in [-0.05, 0) is 48.6 Å². The molecule has 2 unspecified atom stereocenters. The quantitative estimate of drug-likeness (QED) is 0.702. The molecular formula is C23H28N2O2S. The molecule has 2 amide bonds. The minimum Gasteiger partial charge on any atom is -0.349 e. The monoisotopic (exact) mass is 396 g/mol. The highest BCUT2D eigenvalue weighted by atomic mass is 32.2. The normalized spacial score (nSPS) is 19.0. The van der Waals surface area contributed by atoms with Gasteiger partial charge in [-0.25, -0.2) is 0 Å². The van der Waals surface area contributed by atoms with Crippen LogP contribution in [0.4, 0.5) is 5.69 Å². The molecule has 0 heterocycles. The Morgan fingerprint density at radius 2 is 1.71 bits per heavy atom. The minimum absolute atomic E-state index is 0.00574. The van der Waals surface area contributed by atoms with E-state index in [9.17, 15) is 9.59 Å². The third-order valence-electron chi connectivity index (χ3n) is 5.20. The van der Waals surface area contributed by atoms with Crippen molar-refractivity contribution in [1.82, 2.24) is 5.32 Å². The zero-order valence-electron chi connectivity index (χ0n) is 16.3. The second-order valence-electron chi connectivity index (χ2n) is 7.45. The first-order valence-corrected chi connectivity index (χ1v) is 11.1. The number of amides is 2. The van der Waals surface area contributed by atoms with Crippen LogP contribution in [0.2, 0.25) is 0 Å². The predicted octanol–water partition coefficient (Wildman–Crippen LogP) is 4.87. The number of para-hydroxylation sites is 1. The van der Waals surface area contributed by atoms with Crippen LogP contribution in [0.25, 0.3) is 0 Å². The molecule has 0 saturated heterocycles. The van der Waals surface area contributed by atoms with Gasteiger partial charge in [-0.1, -0.05) is 50.1 Å². The van der Waals surface area contributed by atoms with E-state index in [1.54, 1.807) is 11.8 Å². The van der Waals surface area contributed by atoms with Crippen molar-refractivity contribution in [3.63, 3.8) is 0 Å². The summed E-state index contributed by atoms with van der Waals surface area (Å²) in [7, 11) is 0. The molecule has 28 heavy (non-hydrogen) atoms. The third-order valence-corrected chi connectivity index (χ3v) is 6.21. The van der Waals surface area contributed by atoms with Gasteiger partial charge in [0, 0.05) is 23.0 Å². The second-order valence-corrected chi connectivity index (χ2v) is 8.43. The lowest BCUT2D eigenvalue weighted by atomic mass is 9.86. The van der Waals surface area contributed by atoms with Gasteiger partial charge in [0.25, 0.3) is 5.91 Å². The summed E-state index contributed by atoms with van der Waals surface area (Å²) >= 11 is 1.56. The van der Waals surface area contributed by atoms with E-state index in [0.717, 1.165) is 23.4 Å². The van der Waals surface area contributed by atoms with Gasteiger partial charge < -0.3 is 10.6 Å². The molecule has 0 spiro atoms. The van der Waals surface area contributed by atoms with Crippen molar-refractivity contribution in [2.75, 3.05) is 11.1 Å². The number of rotatable bonds is 7. The minimum atomic E-state index is -0.00574. The summed E-state index contributed by atoms with van der Waals surface area (Å²) in [5, 5.41) is 6.07. The van der Waals surface area contributed by atoms with Gasteiger partial charge in [-0.3, -0.25) is 9.59 Å².